The van der Waals surface area contributed by atoms with Crippen LogP contribution in [-0.4, -0.2) is 29.9 Å². The van der Waals surface area contributed by atoms with Crippen LogP contribution in [0.25, 0.3) is 11.3 Å². The topological polar surface area (TPSA) is 86.8 Å². The molecule has 0 saturated carbocycles. The second kappa shape index (κ2) is 10.6. The van der Waals surface area contributed by atoms with Crippen LogP contribution in [0.5, 0.6) is 11.5 Å². The molecule has 3 aromatic rings. The first kappa shape index (κ1) is 23.1. The van der Waals surface area contributed by atoms with Crippen molar-refractivity contribution >= 4 is 5.69 Å². The summed E-state index contributed by atoms with van der Waals surface area (Å²) in [5.74, 6) is 0.709. The number of anilines is 1. The largest absolute Gasteiger partial charge is 0.509 e. The van der Waals surface area contributed by atoms with Crippen LogP contribution in [0.4, 0.5) is 10.1 Å². The maximum Gasteiger partial charge on any atom is 0.164 e. The molecule has 0 aliphatic carbocycles. The highest BCUT2D eigenvalue weighted by Crippen LogP contribution is 2.29. The Morgan fingerprint density at radius 3 is 2.69 bits per heavy atom. The molecule has 0 aliphatic rings. The Bertz CT molecular complexity index is 1090. The van der Waals surface area contributed by atoms with Crippen LogP contribution in [0.1, 0.15) is 24.3 Å². The van der Waals surface area contributed by atoms with Gasteiger partial charge in [0.15, 0.2) is 6.10 Å². The van der Waals surface area contributed by atoms with Crippen molar-refractivity contribution in [2.45, 2.75) is 20.0 Å². The van der Waals surface area contributed by atoms with E-state index in [-0.39, 0.29) is 18.1 Å². The number of hydrogen-bond acceptors (Lipinski definition) is 6. The smallest absolute Gasteiger partial charge is 0.164 e. The number of benzene rings is 2. The number of pyridine rings is 1. The Kier molecular flexibility index (Phi) is 7.68. The molecule has 32 heavy (non-hydrogen) atoms. The van der Waals surface area contributed by atoms with Crippen molar-refractivity contribution in [3.8, 4) is 22.8 Å². The highest BCUT2D eigenvalue weighted by molar-refractivity contribution is 5.62. The van der Waals surface area contributed by atoms with Gasteiger partial charge in [0.2, 0.25) is 0 Å². The van der Waals surface area contributed by atoms with Crippen molar-refractivity contribution in [3.63, 3.8) is 0 Å². The lowest BCUT2D eigenvalue weighted by molar-refractivity contribution is 0.0540. The third kappa shape index (κ3) is 5.98. The Morgan fingerprint density at radius 2 is 2.00 bits per heavy atom. The molecule has 0 bridgehead atoms. The number of aryl methyl sites for hydroxylation is 1. The number of rotatable bonds is 10. The molecule has 1 aromatic heterocycles. The van der Waals surface area contributed by atoms with Gasteiger partial charge < -0.3 is 25.1 Å². The van der Waals surface area contributed by atoms with Gasteiger partial charge in [-0.3, -0.25) is 0 Å². The zero-order valence-electron chi connectivity index (χ0n) is 18.2. The minimum atomic E-state index is -0.487. The molecule has 0 saturated heterocycles. The number of aliphatic hydroxyl groups excluding tert-OH is 1. The second-order valence-corrected chi connectivity index (χ2v) is 7.23. The zero-order chi connectivity index (χ0) is 23.1. The number of hydrogen-bond donors (Lipinski definition) is 2. The molecule has 1 atom stereocenters. The third-order valence-corrected chi connectivity index (χ3v) is 4.69. The molecule has 7 heteroatoms. The van der Waals surface area contributed by atoms with Crippen LogP contribution in [0, 0.1) is 12.7 Å². The molecule has 0 radical (unpaired) electrons. The van der Waals surface area contributed by atoms with Crippen LogP contribution >= 0.6 is 0 Å². The maximum absolute atomic E-state index is 13.9. The first-order chi connectivity index (χ1) is 15.4. The van der Waals surface area contributed by atoms with E-state index in [4.69, 9.17) is 19.9 Å². The lowest BCUT2D eigenvalue weighted by atomic mass is 10.1. The number of halogens is 1. The van der Waals surface area contributed by atoms with Gasteiger partial charge >= 0.3 is 0 Å². The van der Waals surface area contributed by atoms with Crippen molar-refractivity contribution in [3.05, 3.63) is 84.0 Å². The molecular weight excluding hydrogens is 411 g/mol. The fraction of sp³-hybridized carbons (Fsp3) is 0.240. The predicted octanol–water partition coefficient (Wildman–Crippen LogP) is 5.39. The van der Waals surface area contributed by atoms with E-state index in [0.29, 0.717) is 41.7 Å². The molecule has 0 fully saturated rings. The molecule has 168 valence electrons. The van der Waals surface area contributed by atoms with Gasteiger partial charge in [0.25, 0.3) is 0 Å². The van der Waals surface area contributed by atoms with Gasteiger partial charge in [-0.1, -0.05) is 18.7 Å². The number of aliphatic hydroxyl groups is 1. The standard InChI is InChI=1S/C25H27FN2O4/c1-4-30-15-25(32-19-9-11-24(16(2)12-19)31-14-17(3)29)23-7-5-6-22(28-23)18-8-10-21(27)20(26)13-18/h5-13,25,29H,3-4,14-15,27H2,1-2H3. The number of nitrogen functional groups attached to an aromatic ring is 1. The summed E-state index contributed by atoms with van der Waals surface area (Å²) in [5, 5.41) is 9.23. The molecule has 3 N–H and O–H groups in total. The van der Waals surface area contributed by atoms with Crippen molar-refractivity contribution < 1.29 is 23.7 Å². The van der Waals surface area contributed by atoms with E-state index >= 15 is 0 Å². The Hall–Kier alpha value is -3.58. The van der Waals surface area contributed by atoms with Gasteiger partial charge in [0, 0.05) is 12.2 Å². The number of nitrogens with two attached hydrogens (primary N) is 1. The van der Waals surface area contributed by atoms with E-state index in [0.717, 1.165) is 5.56 Å². The summed E-state index contributed by atoms with van der Waals surface area (Å²) >= 11 is 0. The van der Waals surface area contributed by atoms with Gasteiger partial charge in [-0.15, -0.1) is 0 Å². The molecule has 6 nitrogen and oxygen atoms in total. The van der Waals surface area contributed by atoms with Crippen molar-refractivity contribution in [2.75, 3.05) is 25.6 Å². The van der Waals surface area contributed by atoms with Crippen LogP contribution in [0.3, 0.4) is 0 Å². The summed E-state index contributed by atoms with van der Waals surface area (Å²) in [6.07, 6.45) is -0.475. The van der Waals surface area contributed by atoms with E-state index in [1.165, 1.54) is 12.1 Å². The molecule has 0 spiro atoms. The van der Waals surface area contributed by atoms with E-state index < -0.39 is 11.9 Å². The van der Waals surface area contributed by atoms with Crippen molar-refractivity contribution in [2.24, 2.45) is 0 Å². The van der Waals surface area contributed by atoms with E-state index in [1.54, 1.807) is 24.3 Å². The number of ether oxygens (including phenoxy) is 3. The zero-order valence-corrected chi connectivity index (χ0v) is 18.2. The summed E-state index contributed by atoms with van der Waals surface area (Å²) in [6, 6.07) is 15.5. The molecule has 0 amide bonds. The van der Waals surface area contributed by atoms with Crippen LogP contribution in [0.2, 0.25) is 0 Å². The Balaban J connectivity index is 1.84. The van der Waals surface area contributed by atoms with Gasteiger partial charge in [0.05, 0.1) is 23.7 Å². The molecule has 3 rings (SSSR count). The van der Waals surface area contributed by atoms with Crippen LogP contribution < -0.4 is 15.2 Å². The quantitative estimate of drug-likeness (QED) is 0.326. The highest BCUT2D eigenvalue weighted by Gasteiger charge is 2.17. The van der Waals surface area contributed by atoms with E-state index in [1.807, 2.05) is 32.0 Å². The minimum absolute atomic E-state index is 0.0243. The molecule has 1 unspecified atom stereocenters. The normalized spacial score (nSPS) is 11.7. The van der Waals surface area contributed by atoms with Gasteiger partial charge in [-0.05, 0) is 61.9 Å². The lowest BCUT2D eigenvalue weighted by Gasteiger charge is -2.20. The van der Waals surface area contributed by atoms with Crippen molar-refractivity contribution in [1.29, 1.82) is 0 Å². The first-order valence-corrected chi connectivity index (χ1v) is 10.2. The summed E-state index contributed by atoms with van der Waals surface area (Å²) in [4.78, 5) is 4.68. The summed E-state index contributed by atoms with van der Waals surface area (Å²) in [6.45, 7) is 8.05. The van der Waals surface area contributed by atoms with E-state index in [2.05, 4.69) is 11.6 Å². The average molecular weight is 438 g/mol. The average Bonchev–Trinajstić information content (AvgIpc) is 2.78. The molecule has 0 aliphatic heterocycles. The third-order valence-electron chi connectivity index (χ3n) is 4.69. The molecule has 2 aromatic carbocycles. The minimum Gasteiger partial charge on any atom is -0.509 e. The lowest BCUT2D eigenvalue weighted by Crippen LogP contribution is -2.16. The first-order valence-electron chi connectivity index (χ1n) is 10.2. The fourth-order valence-electron chi connectivity index (χ4n) is 3.07. The van der Waals surface area contributed by atoms with Gasteiger partial charge in [-0.25, -0.2) is 9.37 Å². The van der Waals surface area contributed by atoms with Gasteiger partial charge in [-0.2, -0.15) is 0 Å². The van der Waals surface area contributed by atoms with E-state index in [9.17, 15) is 9.50 Å². The maximum atomic E-state index is 13.9. The van der Waals surface area contributed by atoms with Crippen molar-refractivity contribution in [1.82, 2.24) is 4.98 Å². The summed E-state index contributed by atoms with van der Waals surface area (Å²) in [7, 11) is 0. The number of nitrogens with zero attached hydrogens (tertiary/aromatic N) is 1. The molecular formula is C25H27FN2O4. The van der Waals surface area contributed by atoms with Gasteiger partial charge in [0.1, 0.15) is 29.7 Å². The van der Waals surface area contributed by atoms with Crippen LogP contribution in [-0.2, 0) is 4.74 Å². The summed E-state index contributed by atoms with van der Waals surface area (Å²) in [5.41, 5.74) is 8.41. The number of aromatic nitrogens is 1. The fourth-order valence-corrected chi connectivity index (χ4v) is 3.07. The SMILES string of the molecule is C=C(O)COc1ccc(OC(COCC)c2cccc(-c3ccc(N)c(F)c3)n2)cc1C. The highest BCUT2D eigenvalue weighted by atomic mass is 19.1. The second-order valence-electron chi connectivity index (χ2n) is 7.23. The molecule has 1 heterocycles. The van der Waals surface area contributed by atoms with Crippen LogP contribution in [0.15, 0.2) is 66.9 Å². The summed E-state index contributed by atoms with van der Waals surface area (Å²) < 4.78 is 31.2. The monoisotopic (exact) mass is 438 g/mol. The Labute approximate surface area is 187 Å². The Morgan fingerprint density at radius 1 is 1.19 bits per heavy atom. The predicted molar refractivity (Wildman–Crippen MR) is 122 cm³/mol.